The normalized spacial score (nSPS) is 20.9. The summed E-state index contributed by atoms with van der Waals surface area (Å²) in [5, 5.41) is 9.43. The molecule has 0 aromatic heterocycles. The summed E-state index contributed by atoms with van der Waals surface area (Å²) in [7, 11) is 0. The molecule has 3 nitrogen and oxygen atoms in total. The summed E-state index contributed by atoms with van der Waals surface area (Å²) < 4.78 is 21.0. The summed E-state index contributed by atoms with van der Waals surface area (Å²) in [4.78, 5) is 11.5. The molecule has 5 rings (SSSR count). The number of carboxylic acids is 1. The zero-order valence-electron chi connectivity index (χ0n) is 20.2. The van der Waals surface area contributed by atoms with Crippen molar-refractivity contribution in [3.8, 4) is 16.9 Å². The number of halogens is 1. The van der Waals surface area contributed by atoms with E-state index in [0.717, 1.165) is 47.3 Å². The molecule has 2 aliphatic carbocycles. The van der Waals surface area contributed by atoms with Crippen molar-refractivity contribution >= 4 is 5.97 Å². The van der Waals surface area contributed by atoms with Gasteiger partial charge in [0.2, 0.25) is 0 Å². The summed E-state index contributed by atoms with van der Waals surface area (Å²) in [5.74, 6) is -0.372. The van der Waals surface area contributed by atoms with Crippen molar-refractivity contribution in [2.45, 2.75) is 64.4 Å². The van der Waals surface area contributed by atoms with Gasteiger partial charge in [0, 0.05) is 11.0 Å². The fourth-order valence-corrected chi connectivity index (χ4v) is 5.62. The molecule has 1 N–H and O–H groups in total. The van der Waals surface area contributed by atoms with Crippen LogP contribution in [0.4, 0.5) is 4.39 Å². The molecule has 1 saturated carbocycles. The van der Waals surface area contributed by atoms with Crippen LogP contribution in [0.25, 0.3) is 11.1 Å². The van der Waals surface area contributed by atoms with Gasteiger partial charge in [-0.25, -0.2) is 4.39 Å². The van der Waals surface area contributed by atoms with E-state index >= 15 is 0 Å². The number of hydrogen-bond donors (Lipinski definition) is 1. The van der Waals surface area contributed by atoms with E-state index in [-0.39, 0.29) is 22.6 Å². The largest absolute Gasteiger partial charge is 0.489 e. The van der Waals surface area contributed by atoms with Gasteiger partial charge in [0.05, 0.1) is 5.92 Å². The third-order valence-electron chi connectivity index (χ3n) is 7.54. The predicted octanol–water partition coefficient (Wildman–Crippen LogP) is 6.97. The Bertz CT molecular complexity index is 1290. The number of carbonyl (C=O) groups is 1. The zero-order valence-corrected chi connectivity index (χ0v) is 20.2. The molecule has 0 radical (unpaired) electrons. The minimum atomic E-state index is -0.687. The van der Waals surface area contributed by atoms with Gasteiger partial charge in [-0.15, -0.1) is 0 Å². The van der Waals surface area contributed by atoms with Gasteiger partial charge in [-0.1, -0.05) is 50.6 Å². The lowest BCUT2D eigenvalue weighted by molar-refractivity contribution is -0.139. The number of fused-ring (bicyclic) bond motifs is 2. The van der Waals surface area contributed by atoms with Gasteiger partial charge in [0.25, 0.3) is 0 Å². The van der Waals surface area contributed by atoms with Crippen LogP contribution in [0.1, 0.15) is 61.4 Å². The van der Waals surface area contributed by atoms with Gasteiger partial charge < -0.3 is 9.84 Å². The second-order valence-corrected chi connectivity index (χ2v) is 11.0. The van der Waals surface area contributed by atoms with Crippen molar-refractivity contribution < 1.29 is 19.0 Å². The maximum absolute atomic E-state index is 14.8. The highest BCUT2D eigenvalue weighted by atomic mass is 19.1. The van der Waals surface area contributed by atoms with E-state index in [4.69, 9.17) is 4.74 Å². The number of carboxylic acid groups (broad SMARTS) is 1. The van der Waals surface area contributed by atoms with Crippen molar-refractivity contribution in [1.29, 1.82) is 0 Å². The lowest BCUT2D eigenvalue weighted by atomic mass is 9.81. The predicted molar refractivity (Wildman–Crippen MR) is 132 cm³/mol. The fourth-order valence-electron chi connectivity index (χ4n) is 5.62. The molecule has 176 valence electrons. The first-order valence-electron chi connectivity index (χ1n) is 12.0. The lowest BCUT2D eigenvalue weighted by Crippen LogP contribution is -2.13. The SMILES string of the molecule is Cc1ccc(F)c(-c2cc(COc3ccc4c(c3)CC[C@]43C[C@H]3C(=O)O)ccc2C(C)(C)C)c1. The van der Waals surface area contributed by atoms with E-state index in [9.17, 15) is 14.3 Å². The van der Waals surface area contributed by atoms with Crippen molar-refractivity contribution in [2.75, 3.05) is 0 Å². The number of ether oxygens (including phenoxy) is 1. The standard InChI is InChI=1S/C30H31FO3/c1-18-5-10-27(31)23(13-18)22-14-19(6-8-25(22)29(2,3)4)17-34-21-7-9-24-20(15-21)11-12-30(24)16-26(30)28(32)33/h5-10,13-15,26H,11-12,16-17H2,1-4H3,(H,32,33)/t26-,30-/m0/s1. The highest BCUT2D eigenvalue weighted by Crippen LogP contribution is 2.61. The first-order valence-corrected chi connectivity index (χ1v) is 12.0. The number of aryl methyl sites for hydroxylation is 2. The molecule has 1 fully saturated rings. The van der Waals surface area contributed by atoms with Crippen LogP contribution in [0, 0.1) is 18.7 Å². The smallest absolute Gasteiger partial charge is 0.307 e. The molecular weight excluding hydrogens is 427 g/mol. The zero-order chi connectivity index (χ0) is 24.3. The molecule has 0 aliphatic heterocycles. The van der Waals surface area contributed by atoms with Crippen molar-refractivity contribution in [3.63, 3.8) is 0 Å². The first-order chi connectivity index (χ1) is 16.1. The van der Waals surface area contributed by atoms with E-state index in [2.05, 4.69) is 45.0 Å². The maximum atomic E-state index is 14.8. The highest BCUT2D eigenvalue weighted by molar-refractivity contribution is 5.78. The molecule has 2 aliphatic rings. The molecule has 0 unspecified atom stereocenters. The van der Waals surface area contributed by atoms with Crippen LogP contribution in [0.5, 0.6) is 5.75 Å². The van der Waals surface area contributed by atoms with Crippen molar-refractivity contribution in [3.05, 3.63) is 88.2 Å². The summed E-state index contributed by atoms with van der Waals surface area (Å²) >= 11 is 0. The van der Waals surface area contributed by atoms with Crippen LogP contribution in [-0.4, -0.2) is 11.1 Å². The summed E-state index contributed by atoms with van der Waals surface area (Å²) in [6.45, 7) is 8.78. The fraction of sp³-hybridized carbons (Fsp3) is 0.367. The molecule has 4 heteroatoms. The highest BCUT2D eigenvalue weighted by Gasteiger charge is 2.61. The number of hydrogen-bond acceptors (Lipinski definition) is 2. The minimum Gasteiger partial charge on any atom is -0.489 e. The van der Waals surface area contributed by atoms with Gasteiger partial charge in [0.15, 0.2) is 0 Å². The Labute approximate surface area is 200 Å². The van der Waals surface area contributed by atoms with Crippen LogP contribution in [-0.2, 0) is 28.7 Å². The number of benzene rings is 3. The van der Waals surface area contributed by atoms with Crippen LogP contribution >= 0.6 is 0 Å². The minimum absolute atomic E-state index is 0.128. The second kappa shape index (κ2) is 7.97. The quantitative estimate of drug-likeness (QED) is 0.449. The van der Waals surface area contributed by atoms with E-state index in [0.29, 0.717) is 12.2 Å². The molecule has 0 amide bonds. The van der Waals surface area contributed by atoms with Crippen molar-refractivity contribution in [2.24, 2.45) is 5.92 Å². The Kier molecular flexibility index (Phi) is 5.31. The Morgan fingerprint density at radius 2 is 1.88 bits per heavy atom. The average molecular weight is 459 g/mol. The van der Waals surface area contributed by atoms with Gasteiger partial charge >= 0.3 is 5.97 Å². The van der Waals surface area contributed by atoms with Crippen LogP contribution in [0.3, 0.4) is 0 Å². The topological polar surface area (TPSA) is 46.5 Å². The molecule has 2 atom stereocenters. The third-order valence-corrected chi connectivity index (χ3v) is 7.54. The Hall–Kier alpha value is -3.14. The van der Waals surface area contributed by atoms with Crippen LogP contribution in [0.15, 0.2) is 54.6 Å². The first kappa shape index (κ1) is 22.6. The van der Waals surface area contributed by atoms with Gasteiger partial charge in [-0.3, -0.25) is 4.79 Å². The monoisotopic (exact) mass is 458 g/mol. The van der Waals surface area contributed by atoms with Gasteiger partial charge in [-0.05, 0) is 89.8 Å². The molecule has 3 aromatic carbocycles. The molecule has 3 aromatic rings. The van der Waals surface area contributed by atoms with E-state index in [1.54, 1.807) is 6.07 Å². The lowest BCUT2D eigenvalue weighted by Gasteiger charge is -2.24. The number of aliphatic carboxylic acids is 1. The van der Waals surface area contributed by atoms with E-state index < -0.39 is 5.97 Å². The number of rotatable bonds is 5. The van der Waals surface area contributed by atoms with Crippen LogP contribution in [0.2, 0.25) is 0 Å². The molecule has 0 heterocycles. The van der Waals surface area contributed by atoms with Gasteiger partial charge in [-0.2, -0.15) is 0 Å². The Morgan fingerprint density at radius 3 is 2.59 bits per heavy atom. The maximum Gasteiger partial charge on any atom is 0.307 e. The summed E-state index contributed by atoms with van der Waals surface area (Å²) in [6, 6.07) is 17.5. The average Bonchev–Trinajstić information content (AvgIpc) is 3.42. The van der Waals surface area contributed by atoms with Crippen LogP contribution < -0.4 is 4.74 Å². The summed E-state index contributed by atoms with van der Waals surface area (Å²) in [6.07, 6.45) is 2.55. The second-order valence-electron chi connectivity index (χ2n) is 11.0. The molecule has 0 saturated heterocycles. The Morgan fingerprint density at radius 1 is 1.09 bits per heavy atom. The third kappa shape index (κ3) is 3.89. The molecule has 1 spiro atoms. The molecule has 0 bridgehead atoms. The molecule has 34 heavy (non-hydrogen) atoms. The van der Waals surface area contributed by atoms with E-state index in [1.165, 1.54) is 17.2 Å². The molecular formula is C30H31FO3. The van der Waals surface area contributed by atoms with Crippen molar-refractivity contribution in [1.82, 2.24) is 0 Å². The summed E-state index contributed by atoms with van der Waals surface area (Å²) in [5.41, 5.74) is 6.72. The van der Waals surface area contributed by atoms with E-state index in [1.807, 2.05) is 25.1 Å². The Balaban J connectivity index is 1.40. The van der Waals surface area contributed by atoms with Gasteiger partial charge in [0.1, 0.15) is 18.2 Å².